The van der Waals surface area contributed by atoms with Gasteiger partial charge in [-0.25, -0.2) is 4.98 Å². The molecular formula is C6H3IN4S. The number of hydrogen-bond donors (Lipinski definition) is 0. The summed E-state index contributed by atoms with van der Waals surface area (Å²) < 4.78 is 4.79. The smallest absolute Gasteiger partial charge is 0.203 e. The number of nitrogens with zero attached hydrogens (tertiary/aromatic N) is 4. The molecule has 6 heteroatoms. The molecule has 60 valence electrons. The number of halogens is 1. The monoisotopic (exact) mass is 290 g/mol. The van der Waals surface area contributed by atoms with Crippen LogP contribution in [-0.2, 0) is 0 Å². The van der Waals surface area contributed by atoms with Gasteiger partial charge in [-0.1, -0.05) is 0 Å². The van der Waals surface area contributed by atoms with Crippen molar-refractivity contribution in [1.29, 1.82) is 0 Å². The maximum atomic E-state index is 4.17. The number of hydrogen-bond acceptors (Lipinski definition) is 5. The molecule has 0 saturated heterocycles. The summed E-state index contributed by atoms with van der Waals surface area (Å²) in [4.78, 5) is 12.2. The molecule has 0 aliphatic heterocycles. The Kier molecular flexibility index (Phi) is 2.26. The minimum absolute atomic E-state index is 0.748. The van der Waals surface area contributed by atoms with E-state index in [1.807, 2.05) is 0 Å². The molecule has 0 saturated carbocycles. The summed E-state index contributed by atoms with van der Waals surface area (Å²) in [6, 6.07) is 0. The highest BCUT2D eigenvalue weighted by Gasteiger charge is 2.04. The van der Waals surface area contributed by atoms with E-state index >= 15 is 0 Å². The number of rotatable bonds is 1. The third-order valence-electron chi connectivity index (χ3n) is 1.18. The van der Waals surface area contributed by atoms with Gasteiger partial charge >= 0.3 is 0 Å². The molecule has 0 N–H and O–H groups in total. The second-order valence-corrected chi connectivity index (χ2v) is 3.68. The van der Waals surface area contributed by atoms with Crippen LogP contribution in [0, 0.1) is 3.83 Å². The van der Waals surface area contributed by atoms with E-state index in [9.17, 15) is 0 Å². The highest BCUT2D eigenvalue weighted by Crippen LogP contribution is 2.17. The highest BCUT2D eigenvalue weighted by atomic mass is 127. The van der Waals surface area contributed by atoms with E-state index in [-0.39, 0.29) is 0 Å². The van der Waals surface area contributed by atoms with Gasteiger partial charge in [-0.05, 0) is 11.5 Å². The molecule has 0 atom stereocenters. The first-order valence-corrected chi connectivity index (χ1v) is 4.97. The van der Waals surface area contributed by atoms with Gasteiger partial charge in [0.05, 0.1) is 6.20 Å². The quantitative estimate of drug-likeness (QED) is 0.749. The molecule has 0 bridgehead atoms. The molecule has 0 fully saturated rings. The first kappa shape index (κ1) is 7.99. The van der Waals surface area contributed by atoms with E-state index in [1.165, 1.54) is 11.5 Å². The van der Waals surface area contributed by atoms with Gasteiger partial charge in [0.25, 0.3) is 0 Å². The van der Waals surface area contributed by atoms with E-state index in [1.54, 1.807) is 18.6 Å². The van der Waals surface area contributed by atoms with Crippen LogP contribution in [0.5, 0.6) is 0 Å². The van der Waals surface area contributed by atoms with Crippen molar-refractivity contribution in [2.45, 2.75) is 0 Å². The number of aromatic nitrogens is 4. The Balaban J connectivity index is 2.45. The first-order valence-electron chi connectivity index (χ1n) is 3.12. The van der Waals surface area contributed by atoms with Gasteiger partial charge < -0.3 is 0 Å². The van der Waals surface area contributed by atoms with Crippen molar-refractivity contribution >= 4 is 34.1 Å². The molecule has 0 spiro atoms. The molecule has 2 aromatic rings. The lowest BCUT2D eigenvalue weighted by molar-refractivity contribution is 1.18. The normalized spacial score (nSPS) is 10.1. The van der Waals surface area contributed by atoms with Crippen LogP contribution in [0.15, 0.2) is 18.6 Å². The van der Waals surface area contributed by atoms with Gasteiger partial charge in [0.1, 0.15) is 5.69 Å². The van der Waals surface area contributed by atoms with Crippen molar-refractivity contribution in [3.63, 3.8) is 0 Å². The summed E-state index contributed by atoms with van der Waals surface area (Å²) in [7, 11) is 0. The van der Waals surface area contributed by atoms with Crippen molar-refractivity contribution < 1.29 is 0 Å². The van der Waals surface area contributed by atoms with E-state index in [4.69, 9.17) is 0 Å². The summed E-state index contributed by atoms with van der Waals surface area (Å²) in [5.41, 5.74) is 0.776. The Bertz CT molecular complexity index is 374. The summed E-state index contributed by atoms with van der Waals surface area (Å²) in [6.45, 7) is 0. The van der Waals surface area contributed by atoms with E-state index in [0.29, 0.717) is 0 Å². The van der Waals surface area contributed by atoms with E-state index in [2.05, 4.69) is 41.9 Å². The molecule has 0 aliphatic rings. The molecular weight excluding hydrogens is 287 g/mol. The molecule has 12 heavy (non-hydrogen) atoms. The Labute approximate surface area is 86.4 Å². The van der Waals surface area contributed by atoms with Gasteiger partial charge in [0.15, 0.2) is 5.01 Å². The second kappa shape index (κ2) is 3.40. The van der Waals surface area contributed by atoms with Crippen molar-refractivity contribution in [3.05, 3.63) is 22.4 Å². The van der Waals surface area contributed by atoms with Crippen molar-refractivity contribution in [2.24, 2.45) is 0 Å². The van der Waals surface area contributed by atoms with Crippen molar-refractivity contribution in [1.82, 2.24) is 19.3 Å². The Morgan fingerprint density at radius 3 is 2.83 bits per heavy atom. The molecule has 2 heterocycles. The first-order chi connectivity index (χ1) is 5.86. The topological polar surface area (TPSA) is 51.6 Å². The van der Waals surface area contributed by atoms with Gasteiger partial charge in [-0.3, -0.25) is 9.97 Å². The van der Waals surface area contributed by atoms with Crippen LogP contribution in [0.2, 0.25) is 0 Å². The van der Waals surface area contributed by atoms with Gasteiger partial charge in [0.2, 0.25) is 3.83 Å². The predicted molar refractivity (Wildman–Crippen MR) is 53.7 cm³/mol. The fourth-order valence-corrected chi connectivity index (χ4v) is 1.95. The van der Waals surface area contributed by atoms with Crippen LogP contribution in [-0.4, -0.2) is 19.3 Å². The molecule has 0 unspecified atom stereocenters. The second-order valence-electron chi connectivity index (χ2n) is 1.96. The minimum atomic E-state index is 0.748. The molecule has 0 radical (unpaired) electrons. The van der Waals surface area contributed by atoms with Crippen LogP contribution >= 0.6 is 34.1 Å². The Morgan fingerprint density at radius 2 is 2.25 bits per heavy atom. The highest BCUT2D eigenvalue weighted by molar-refractivity contribution is 14.1. The minimum Gasteiger partial charge on any atom is -0.261 e. The zero-order chi connectivity index (χ0) is 8.39. The maximum absolute atomic E-state index is 4.17. The van der Waals surface area contributed by atoms with E-state index < -0.39 is 0 Å². The van der Waals surface area contributed by atoms with Crippen LogP contribution in [0.4, 0.5) is 0 Å². The van der Waals surface area contributed by atoms with Crippen molar-refractivity contribution in [2.75, 3.05) is 0 Å². The lowest BCUT2D eigenvalue weighted by Gasteiger charge is -1.89. The van der Waals surface area contributed by atoms with Crippen LogP contribution in [0.25, 0.3) is 10.7 Å². The lowest BCUT2D eigenvalue weighted by atomic mass is 10.5. The van der Waals surface area contributed by atoms with Gasteiger partial charge in [0, 0.05) is 35.0 Å². The Morgan fingerprint density at radius 1 is 1.33 bits per heavy atom. The summed E-state index contributed by atoms with van der Waals surface area (Å²) >= 11 is 3.40. The largest absolute Gasteiger partial charge is 0.261 e. The maximum Gasteiger partial charge on any atom is 0.203 e. The third kappa shape index (κ3) is 1.58. The molecule has 0 amide bonds. The van der Waals surface area contributed by atoms with Crippen molar-refractivity contribution in [3.8, 4) is 10.7 Å². The molecule has 0 aliphatic carbocycles. The third-order valence-corrected chi connectivity index (χ3v) is 2.73. The zero-order valence-electron chi connectivity index (χ0n) is 5.81. The fraction of sp³-hybridized carbons (Fsp3) is 0. The predicted octanol–water partition coefficient (Wildman–Crippen LogP) is 1.60. The average Bonchev–Trinajstić information content (AvgIpc) is 2.54. The fourth-order valence-electron chi connectivity index (χ4n) is 0.719. The molecule has 2 rings (SSSR count). The molecule has 2 aromatic heterocycles. The molecule has 4 nitrogen and oxygen atoms in total. The lowest BCUT2D eigenvalue weighted by Crippen LogP contribution is -1.82. The SMILES string of the molecule is Ic1nsc(-c2cnccn2)n1. The van der Waals surface area contributed by atoms with Crippen LogP contribution in [0.3, 0.4) is 0 Å². The summed E-state index contributed by atoms with van der Waals surface area (Å²) in [5.74, 6) is 0. The average molecular weight is 290 g/mol. The van der Waals surface area contributed by atoms with Gasteiger partial charge in [-0.15, -0.1) is 0 Å². The zero-order valence-corrected chi connectivity index (χ0v) is 8.78. The Hall–Kier alpha value is -0.630. The van der Waals surface area contributed by atoms with E-state index in [0.717, 1.165) is 14.5 Å². The van der Waals surface area contributed by atoms with Gasteiger partial charge in [-0.2, -0.15) is 4.37 Å². The van der Waals surface area contributed by atoms with Crippen LogP contribution in [0.1, 0.15) is 0 Å². The van der Waals surface area contributed by atoms with Crippen LogP contribution < -0.4 is 0 Å². The summed E-state index contributed by atoms with van der Waals surface area (Å²) in [6.07, 6.45) is 4.95. The molecule has 0 aromatic carbocycles. The standard InChI is InChI=1S/C6H3IN4S/c7-6-10-5(12-11-6)4-3-8-1-2-9-4/h1-3H. The summed E-state index contributed by atoms with van der Waals surface area (Å²) in [5, 5.41) is 0.813.